The number of hydrogen-bond donors (Lipinski definition) is 0. The summed E-state index contributed by atoms with van der Waals surface area (Å²) in [6, 6.07) is 65.5. The molecular formula is C47H30N2S. The molecule has 0 atom stereocenters. The molecule has 0 amide bonds. The second kappa shape index (κ2) is 11.5. The Morgan fingerprint density at radius 3 is 1.50 bits per heavy atom. The molecule has 0 fully saturated rings. The highest BCUT2D eigenvalue weighted by atomic mass is 32.2. The van der Waals surface area contributed by atoms with Crippen LogP contribution in [0.2, 0.25) is 0 Å². The standard InChI is InChI=1S/C47H30N2S/c1-3-14-32(15-4-1)41-30-42(49-46(48-41)34-16-5-2-6-17-34)33-28-26-31(27-29-33)35-19-13-23-40-45(35)36-18-7-8-20-37(36)47(40)38-21-9-11-24-43(38)50-44-25-12-10-22-39(44)47/h1-30H. The zero-order valence-electron chi connectivity index (χ0n) is 27.1. The quantitative estimate of drug-likeness (QED) is 0.189. The lowest BCUT2D eigenvalue weighted by Gasteiger charge is -2.39. The zero-order chi connectivity index (χ0) is 33.1. The van der Waals surface area contributed by atoms with Crippen molar-refractivity contribution < 1.29 is 0 Å². The summed E-state index contributed by atoms with van der Waals surface area (Å²) in [5.74, 6) is 0.722. The van der Waals surface area contributed by atoms with Gasteiger partial charge in [0.05, 0.1) is 16.8 Å². The van der Waals surface area contributed by atoms with Crippen LogP contribution in [0.1, 0.15) is 22.3 Å². The minimum absolute atomic E-state index is 0.386. The van der Waals surface area contributed by atoms with Crippen LogP contribution >= 0.6 is 11.8 Å². The van der Waals surface area contributed by atoms with E-state index in [-0.39, 0.29) is 5.41 Å². The van der Waals surface area contributed by atoms with Gasteiger partial charge in [0.25, 0.3) is 0 Å². The van der Waals surface area contributed by atoms with Crippen LogP contribution in [0.4, 0.5) is 0 Å². The summed E-state index contributed by atoms with van der Waals surface area (Å²) in [5.41, 5.74) is 15.0. The van der Waals surface area contributed by atoms with Crippen molar-refractivity contribution in [2.75, 3.05) is 0 Å². The molecule has 8 aromatic rings. The van der Waals surface area contributed by atoms with Gasteiger partial charge >= 0.3 is 0 Å². The molecule has 0 saturated heterocycles. The Balaban J connectivity index is 1.14. The van der Waals surface area contributed by atoms with Crippen molar-refractivity contribution in [1.82, 2.24) is 9.97 Å². The third kappa shape index (κ3) is 4.37. The molecule has 2 aliphatic rings. The molecule has 10 rings (SSSR count). The lowest BCUT2D eigenvalue weighted by molar-refractivity contribution is 0.722. The van der Waals surface area contributed by atoms with E-state index in [4.69, 9.17) is 9.97 Å². The summed E-state index contributed by atoms with van der Waals surface area (Å²) in [4.78, 5) is 12.7. The summed E-state index contributed by atoms with van der Waals surface area (Å²) in [6.07, 6.45) is 0. The van der Waals surface area contributed by atoms with E-state index >= 15 is 0 Å². The Kier molecular flexibility index (Phi) is 6.68. The lowest BCUT2D eigenvalue weighted by atomic mass is 9.67. The van der Waals surface area contributed by atoms with E-state index < -0.39 is 0 Å². The summed E-state index contributed by atoms with van der Waals surface area (Å²) < 4.78 is 0. The molecule has 0 unspecified atom stereocenters. The lowest BCUT2D eigenvalue weighted by Crippen LogP contribution is -2.31. The van der Waals surface area contributed by atoms with Gasteiger partial charge in [-0.3, -0.25) is 0 Å². The van der Waals surface area contributed by atoms with Gasteiger partial charge in [0, 0.05) is 26.5 Å². The average molecular weight is 655 g/mol. The van der Waals surface area contributed by atoms with Crippen molar-refractivity contribution in [3.8, 4) is 56.2 Å². The molecule has 1 aromatic heterocycles. The number of fused-ring (bicyclic) bond motifs is 9. The molecule has 1 aliphatic heterocycles. The van der Waals surface area contributed by atoms with Crippen molar-refractivity contribution in [2.45, 2.75) is 15.2 Å². The Morgan fingerprint density at radius 1 is 0.360 bits per heavy atom. The van der Waals surface area contributed by atoms with Crippen LogP contribution in [-0.2, 0) is 5.41 Å². The molecule has 7 aromatic carbocycles. The molecule has 2 heterocycles. The fourth-order valence-electron chi connectivity index (χ4n) is 8.03. The monoisotopic (exact) mass is 654 g/mol. The van der Waals surface area contributed by atoms with E-state index in [0.29, 0.717) is 0 Å². The van der Waals surface area contributed by atoms with E-state index in [1.807, 2.05) is 36.0 Å². The van der Waals surface area contributed by atoms with Crippen LogP contribution in [0.25, 0.3) is 56.2 Å². The molecule has 1 aliphatic carbocycles. The van der Waals surface area contributed by atoms with Gasteiger partial charge in [-0.25, -0.2) is 9.97 Å². The van der Waals surface area contributed by atoms with Crippen LogP contribution in [0.15, 0.2) is 192 Å². The maximum atomic E-state index is 5.08. The summed E-state index contributed by atoms with van der Waals surface area (Å²) in [5, 5.41) is 0. The molecule has 0 saturated carbocycles. The van der Waals surface area contributed by atoms with Gasteiger partial charge in [-0.2, -0.15) is 0 Å². The van der Waals surface area contributed by atoms with Crippen molar-refractivity contribution in [3.63, 3.8) is 0 Å². The normalized spacial score (nSPS) is 13.3. The molecule has 50 heavy (non-hydrogen) atoms. The smallest absolute Gasteiger partial charge is 0.160 e. The second-order valence-electron chi connectivity index (χ2n) is 12.9. The number of nitrogens with zero attached hydrogens (tertiary/aromatic N) is 2. The minimum atomic E-state index is -0.386. The van der Waals surface area contributed by atoms with Gasteiger partial charge in [0.15, 0.2) is 5.82 Å². The van der Waals surface area contributed by atoms with Gasteiger partial charge in [-0.1, -0.05) is 176 Å². The first-order valence-electron chi connectivity index (χ1n) is 17.0. The van der Waals surface area contributed by atoms with Crippen molar-refractivity contribution in [2.24, 2.45) is 0 Å². The fraction of sp³-hybridized carbons (Fsp3) is 0.0213. The summed E-state index contributed by atoms with van der Waals surface area (Å²) in [6.45, 7) is 0. The van der Waals surface area contributed by atoms with Gasteiger partial charge < -0.3 is 0 Å². The minimum Gasteiger partial charge on any atom is -0.228 e. The van der Waals surface area contributed by atoms with Gasteiger partial charge in [-0.15, -0.1) is 0 Å². The van der Waals surface area contributed by atoms with Gasteiger partial charge in [0.2, 0.25) is 0 Å². The second-order valence-corrected chi connectivity index (χ2v) is 14.0. The van der Waals surface area contributed by atoms with Crippen molar-refractivity contribution in [3.05, 3.63) is 204 Å². The molecule has 0 bridgehead atoms. The van der Waals surface area contributed by atoms with Crippen LogP contribution in [0, 0.1) is 0 Å². The van der Waals surface area contributed by atoms with E-state index in [9.17, 15) is 0 Å². The SMILES string of the molecule is c1ccc(-c2cc(-c3ccc(-c4cccc5c4-c4ccccc4C54c5ccccc5Sc5ccccc54)cc3)nc(-c3ccccc3)n2)cc1. The first kappa shape index (κ1) is 28.9. The fourth-order valence-corrected chi connectivity index (χ4v) is 9.22. The molecule has 0 radical (unpaired) electrons. The molecule has 0 N–H and O–H groups in total. The Bertz CT molecular complexity index is 2450. The van der Waals surface area contributed by atoms with Gasteiger partial charge in [0.1, 0.15) is 0 Å². The Labute approximate surface area is 296 Å². The maximum Gasteiger partial charge on any atom is 0.160 e. The third-order valence-corrected chi connectivity index (χ3v) is 11.3. The van der Waals surface area contributed by atoms with Gasteiger partial charge in [-0.05, 0) is 62.7 Å². The summed E-state index contributed by atoms with van der Waals surface area (Å²) in [7, 11) is 0. The number of benzene rings is 7. The predicted molar refractivity (Wildman–Crippen MR) is 205 cm³/mol. The Morgan fingerprint density at radius 2 is 0.840 bits per heavy atom. The van der Waals surface area contributed by atoms with E-state index in [1.54, 1.807) is 0 Å². The summed E-state index contributed by atoms with van der Waals surface area (Å²) >= 11 is 1.88. The molecule has 2 nitrogen and oxygen atoms in total. The zero-order valence-corrected chi connectivity index (χ0v) is 27.9. The number of rotatable bonds is 4. The van der Waals surface area contributed by atoms with Crippen molar-refractivity contribution >= 4 is 11.8 Å². The van der Waals surface area contributed by atoms with Crippen LogP contribution in [0.3, 0.4) is 0 Å². The Hall–Kier alpha value is -6.03. The van der Waals surface area contributed by atoms with Crippen LogP contribution in [-0.4, -0.2) is 9.97 Å². The average Bonchev–Trinajstić information content (AvgIpc) is 3.49. The van der Waals surface area contributed by atoms with E-state index in [2.05, 4.69) is 158 Å². The highest BCUT2D eigenvalue weighted by Gasteiger charge is 2.50. The topological polar surface area (TPSA) is 25.8 Å². The highest BCUT2D eigenvalue weighted by molar-refractivity contribution is 7.99. The molecule has 3 heteroatoms. The van der Waals surface area contributed by atoms with E-state index in [1.165, 1.54) is 54.3 Å². The van der Waals surface area contributed by atoms with Crippen molar-refractivity contribution in [1.29, 1.82) is 0 Å². The molecular weight excluding hydrogens is 625 g/mol. The number of aromatic nitrogens is 2. The number of hydrogen-bond acceptors (Lipinski definition) is 3. The first-order valence-corrected chi connectivity index (χ1v) is 17.8. The van der Waals surface area contributed by atoms with Crippen LogP contribution in [0.5, 0.6) is 0 Å². The predicted octanol–water partition coefficient (Wildman–Crippen LogP) is 12.0. The third-order valence-electron chi connectivity index (χ3n) is 10.2. The molecule has 234 valence electrons. The first-order chi connectivity index (χ1) is 24.8. The molecule has 1 spiro atoms. The van der Waals surface area contributed by atoms with E-state index in [0.717, 1.165) is 33.9 Å². The van der Waals surface area contributed by atoms with Crippen LogP contribution < -0.4 is 0 Å². The largest absolute Gasteiger partial charge is 0.228 e. The highest BCUT2D eigenvalue weighted by Crippen LogP contribution is 2.63. The maximum absolute atomic E-state index is 5.08.